The first-order valence-corrected chi connectivity index (χ1v) is 1.98. The van der Waals surface area contributed by atoms with E-state index in [1.165, 1.54) is 0 Å². The predicted octanol–water partition coefficient (Wildman–Crippen LogP) is 0.114. The molecular formula is C4H8N2OY-2. The first kappa shape index (κ1) is 11.3. The van der Waals surface area contributed by atoms with E-state index in [0.717, 1.165) is 0 Å². The summed E-state index contributed by atoms with van der Waals surface area (Å²) < 4.78 is 0. The van der Waals surface area contributed by atoms with Crippen molar-refractivity contribution in [1.82, 2.24) is 0 Å². The molecule has 0 aliphatic heterocycles. The summed E-state index contributed by atoms with van der Waals surface area (Å²) >= 11 is 0. The Morgan fingerprint density at radius 2 is 2.25 bits per heavy atom. The fraction of sp³-hybridized carbons (Fsp3) is 0.500. The molecule has 0 spiro atoms. The minimum Gasteiger partial charge on any atom is -0.669 e. The van der Waals surface area contributed by atoms with Gasteiger partial charge in [-0.3, -0.25) is 4.79 Å². The smallest absolute Gasteiger partial charge is 0.197 e. The molecule has 0 aromatic carbocycles. The zero-order chi connectivity index (χ0) is 5.86. The third-order valence-corrected chi connectivity index (χ3v) is 0.632. The first-order chi connectivity index (χ1) is 3.18. The molecular weight excluding hydrogens is 181 g/mol. The maximum atomic E-state index is 9.93. The summed E-state index contributed by atoms with van der Waals surface area (Å²) in [5.41, 5.74) is 11.4. The average Bonchev–Trinajstić information content (AvgIpc) is 1.65. The largest absolute Gasteiger partial charge is 0.669 e. The zero-order valence-corrected chi connectivity index (χ0v) is 7.39. The van der Waals surface area contributed by atoms with Crippen LogP contribution in [0.15, 0.2) is 0 Å². The van der Waals surface area contributed by atoms with E-state index >= 15 is 0 Å². The molecule has 3 nitrogen and oxygen atoms in total. The summed E-state index contributed by atoms with van der Waals surface area (Å²) in [4.78, 5) is 9.93. The van der Waals surface area contributed by atoms with Crippen LogP contribution in [0.2, 0.25) is 0 Å². The number of carbonyl (C=O) groups is 1. The van der Waals surface area contributed by atoms with Gasteiger partial charge in [0.2, 0.25) is 0 Å². The van der Waals surface area contributed by atoms with Crippen molar-refractivity contribution in [2.45, 2.75) is 12.5 Å². The van der Waals surface area contributed by atoms with Crippen molar-refractivity contribution in [3.63, 3.8) is 0 Å². The van der Waals surface area contributed by atoms with Crippen molar-refractivity contribution in [2.75, 3.05) is 0 Å². The zero-order valence-electron chi connectivity index (χ0n) is 4.55. The number of hydrogen-bond acceptors (Lipinski definition) is 1. The maximum Gasteiger partial charge on any atom is 0.197 e. The molecule has 1 unspecified atom stereocenters. The third kappa shape index (κ3) is 4.69. The summed E-state index contributed by atoms with van der Waals surface area (Å²) in [5.74, 6) is -0.602. The summed E-state index contributed by atoms with van der Waals surface area (Å²) in [6.45, 7) is 3.32. The van der Waals surface area contributed by atoms with Crippen molar-refractivity contribution in [3.05, 3.63) is 12.7 Å². The Labute approximate surface area is 74.1 Å². The first-order valence-electron chi connectivity index (χ1n) is 1.98. The molecule has 0 saturated carbocycles. The Bertz CT molecular complexity index is 76.4. The van der Waals surface area contributed by atoms with E-state index in [0.29, 0.717) is 0 Å². The number of rotatable bonds is 2. The molecule has 1 radical (unpaired) electrons. The van der Waals surface area contributed by atoms with Crippen LogP contribution in [-0.2, 0) is 37.5 Å². The van der Waals surface area contributed by atoms with Gasteiger partial charge in [0, 0.05) is 32.7 Å². The Morgan fingerprint density at radius 1 is 1.88 bits per heavy atom. The van der Waals surface area contributed by atoms with Gasteiger partial charge in [0.25, 0.3) is 0 Å². The predicted molar refractivity (Wildman–Crippen MR) is 27.3 cm³/mol. The van der Waals surface area contributed by atoms with Crippen LogP contribution in [0.4, 0.5) is 0 Å². The van der Waals surface area contributed by atoms with Gasteiger partial charge in [0.1, 0.15) is 0 Å². The fourth-order valence-corrected chi connectivity index (χ4v) is 0.142. The van der Waals surface area contributed by atoms with Crippen LogP contribution in [-0.4, -0.2) is 11.9 Å². The summed E-state index contributed by atoms with van der Waals surface area (Å²) in [6.07, 6.45) is 0.259. The van der Waals surface area contributed by atoms with Gasteiger partial charge in [0.15, 0.2) is 5.91 Å². The summed E-state index contributed by atoms with van der Waals surface area (Å²) in [7, 11) is 0. The van der Waals surface area contributed by atoms with Crippen molar-refractivity contribution >= 4 is 5.91 Å². The van der Waals surface area contributed by atoms with Crippen molar-refractivity contribution in [1.29, 1.82) is 0 Å². The van der Waals surface area contributed by atoms with Crippen LogP contribution >= 0.6 is 0 Å². The molecule has 8 heavy (non-hydrogen) atoms. The van der Waals surface area contributed by atoms with Gasteiger partial charge in [-0.2, -0.15) is 6.42 Å². The Morgan fingerprint density at radius 3 is 2.25 bits per heavy atom. The molecule has 0 aromatic rings. The second kappa shape index (κ2) is 5.67. The fourth-order valence-electron chi connectivity index (χ4n) is 0.142. The van der Waals surface area contributed by atoms with Gasteiger partial charge < -0.3 is 18.4 Å². The normalized spacial score (nSPS) is 11.8. The molecule has 0 fully saturated rings. The van der Waals surface area contributed by atoms with Gasteiger partial charge in [-0.1, -0.05) is 6.04 Å². The van der Waals surface area contributed by atoms with Gasteiger partial charge in [-0.05, 0) is 0 Å². The summed E-state index contributed by atoms with van der Waals surface area (Å²) in [6, 6.07) is -0.819. The van der Waals surface area contributed by atoms with Crippen LogP contribution in [0.3, 0.4) is 0 Å². The van der Waals surface area contributed by atoms with Crippen molar-refractivity contribution < 1.29 is 37.5 Å². The molecule has 1 atom stereocenters. The molecule has 0 heterocycles. The number of primary amides is 1. The van der Waals surface area contributed by atoms with E-state index < -0.39 is 11.9 Å². The molecule has 3 N–H and O–H groups in total. The van der Waals surface area contributed by atoms with Crippen molar-refractivity contribution in [2.24, 2.45) is 5.73 Å². The topological polar surface area (TPSA) is 66.9 Å². The monoisotopic (exact) mass is 189 g/mol. The van der Waals surface area contributed by atoms with Crippen LogP contribution in [0, 0.1) is 6.92 Å². The van der Waals surface area contributed by atoms with Crippen LogP contribution < -0.4 is 5.73 Å². The molecule has 0 aromatic heterocycles. The van der Waals surface area contributed by atoms with Gasteiger partial charge >= 0.3 is 0 Å². The Balaban J connectivity index is 0. The molecule has 4 heteroatoms. The molecule has 0 bridgehead atoms. The SMILES string of the molecule is [CH2-]CC([NH-])C(N)=O.[Y]. The van der Waals surface area contributed by atoms with Crippen LogP contribution in [0.1, 0.15) is 6.42 Å². The maximum absolute atomic E-state index is 9.93. The van der Waals surface area contributed by atoms with E-state index in [9.17, 15) is 4.79 Å². The minimum absolute atomic E-state index is 0. The summed E-state index contributed by atoms with van der Waals surface area (Å²) in [5, 5.41) is 0. The number of carbonyl (C=O) groups excluding carboxylic acids is 1. The molecule has 0 aliphatic rings. The second-order valence-electron chi connectivity index (χ2n) is 1.24. The molecule has 45 valence electrons. The minimum atomic E-state index is -0.819. The van der Waals surface area contributed by atoms with E-state index in [-0.39, 0.29) is 39.1 Å². The van der Waals surface area contributed by atoms with Crippen molar-refractivity contribution in [3.8, 4) is 0 Å². The quantitative estimate of drug-likeness (QED) is 0.615. The van der Waals surface area contributed by atoms with E-state index in [1.807, 2.05) is 0 Å². The third-order valence-electron chi connectivity index (χ3n) is 0.632. The van der Waals surface area contributed by atoms with Crippen LogP contribution in [0.25, 0.3) is 5.73 Å². The standard InChI is InChI=1S/C4H8N2O.Y/c1-2-3(5)4(6)7;/h3,5H,1-2H2,(H2,6,7);/q-2;. The van der Waals surface area contributed by atoms with Gasteiger partial charge in [0.05, 0.1) is 0 Å². The number of amides is 1. The second-order valence-corrected chi connectivity index (χ2v) is 1.24. The van der Waals surface area contributed by atoms with E-state index in [1.54, 1.807) is 0 Å². The number of nitrogens with two attached hydrogens (primary N) is 1. The Kier molecular flexibility index (Phi) is 8.04. The Hall–Kier alpha value is 0.534. The number of hydrogen-bond donors (Lipinski definition) is 1. The average molecular weight is 189 g/mol. The molecule has 0 aliphatic carbocycles. The molecule has 0 saturated heterocycles. The molecule has 1 amide bonds. The van der Waals surface area contributed by atoms with E-state index in [2.05, 4.69) is 12.7 Å². The van der Waals surface area contributed by atoms with E-state index in [4.69, 9.17) is 5.73 Å². The van der Waals surface area contributed by atoms with Gasteiger partial charge in [-0.15, -0.1) is 0 Å². The van der Waals surface area contributed by atoms with Gasteiger partial charge in [-0.25, -0.2) is 0 Å². The molecule has 0 rings (SSSR count). The van der Waals surface area contributed by atoms with Crippen LogP contribution in [0.5, 0.6) is 0 Å². The number of nitrogens with one attached hydrogen (secondary N) is 1.